The Morgan fingerprint density at radius 2 is 1.14 bits per heavy atom. The van der Waals surface area contributed by atoms with Crippen molar-refractivity contribution in [3.8, 4) is 0 Å². The van der Waals surface area contributed by atoms with Crippen molar-refractivity contribution in [3.63, 3.8) is 0 Å². The third-order valence-electron chi connectivity index (χ3n) is 3.39. The zero-order chi connectivity index (χ0) is 15.4. The summed E-state index contributed by atoms with van der Waals surface area (Å²) in [5.74, 6) is 0. The highest BCUT2D eigenvalue weighted by Gasteiger charge is 2.15. The lowest BCUT2D eigenvalue weighted by Gasteiger charge is -2.11. The summed E-state index contributed by atoms with van der Waals surface area (Å²) in [6.45, 7) is 2.02. The number of benzene rings is 3. The van der Waals surface area contributed by atoms with Gasteiger partial charge in [0.25, 0.3) is 0 Å². The van der Waals surface area contributed by atoms with Crippen LogP contribution in [-0.2, 0) is 9.73 Å². The van der Waals surface area contributed by atoms with E-state index in [1.807, 2.05) is 91.9 Å². The Morgan fingerprint density at radius 1 is 0.682 bits per heavy atom. The number of nitrogens with zero attached hydrogens (tertiary/aromatic N) is 1. The summed E-state index contributed by atoms with van der Waals surface area (Å²) in [4.78, 5) is 1.45. The molecule has 0 fully saturated rings. The molecule has 0 aliphatic rings. The molecule has 0 heterocycles. The summed E-state index contributed by atoms with van der Waals surface area (Å²) >= 11 is 0. The molecule has 0 N–H and O–H groups in total. The number of hydrogen-bond donors (Lipinski definition) is 0. The van der Waals surface area contributed by atoms with Crippen LogP contribution in [0.4, 0.5) is 5.69 Å². The van der Waals surface area contributed by atoms with E-state index in [2.05, 4.69) is 4.36 Å². The second-order valence-electron chi connectivity index (χ2n) is 5.08. The Hall–Kier alpha value is -2.39. The fourth-order valence-corrected chi connectivity index (χ4v) is 4.16. The van der Waals surface area contributed by atoms with E-state index in [0.29, 0.717) is 0 Å². The first kappa shape index (κ1) is 14.5. The van der Waals surface area contributed by atoms with Gasteiger partial charge in [0.15, 0.2) is 0 Å². The third kappa shape index (κ3) is 2.95. The van der Waals surface area contributed by atoms with Gasteiger partial charge in [-0.3, -0.25) is 0 Å². The van der Waals surface area contributed by atoms with Crippen LogP contribution in [0.15, 0.2) is 99.1 Å². The van der Waals surface area contributed by atoms with Gasteiger partial charge < -0.3 is 0 Å². The minimum atomic E-state index is -2.69. The summed E-state index contributed by atoms with van der Waals surface area (Å²) in [6.07, 6.45) is 0. The molecule has 0 amide bonds. The minimum Gasteiger partial charge on any atom is -0.239 e. The zero-order valence-corrected chi connectivity index (χ0v) is 13.2. The highest BCUT2D eigenvalue weighted by molar-refractivity contribution is 7.93. The van der Waals surface area contributed by atoms with E-state index in [9.17, 15) is 4.21 Å². The maximum Gasteiger partial charge on any atom is 0.109 e. The molecule has 0 unspecified atom stereocenters. The van der Waals surface area contributed by atoms with Crippen molar-refractivity contribution >= 4 is 15.4 Å². The van der Waals surface area contributed by atoms with Crippen LogP contribution in [-0.4, -0.2) is 4.21 Å². The lowest BCUT2D eigenvalue weighted by molar-refractivity contribution is 0.676. The fraction of sp³-hybridized carbons (Fsp3) is 0.0526. The van der Waals surface area contributed by atoms with Crippen molar-refractivity contribution in [3.05, 3.63) is 90.5 Å². The molecule has 22 heavy (non-hydrogen) atoms. The summed E-state index contributed by atoms with van der Waals surface area (Å²) in [5.41, 5.74) is 1.88. The largest absolute Gasteiger partial charge is 0.239 e. The molecule has 3 rings (SSSR count). The first-order valence-electron chi connectivity index (χ1n) is 7.12. The van der Waals surface area contributed by atoms with E-state index < -0.39 is 9.73 Å². The Labute approximate surface area is 131 Å². The van der Waals surface area contributed by atoms with Crippen LogP contribution in [0, 0.1) is 6.92 Å². The first-order valence-corrected chi connectivity index (χ1v) is 8.64. The van der Waals surface area contributed by atoms with E-state index in [1.165, 1.54) is 0 Å². The predicted molar refractivity (Wildman–Crippen MR) is 90.8 cm³/mol. The zero-order valence-electron chi connectivity index (χ0n) is 12.3. The molecule has 0 aliphatic carbocycles. The Kier molecular flexibility index (Phi) is 4.07. The van der Waals surface area contributed by atoms with E-state index in [1.54, 1.807) is 0 Å². The molecule has 0 saturated heterocycles. The number of rotatable bonds is 3. The van der Waals surface area contributed by atoms with Crippen LogP contribution in [0.3, 0.4) is 0 Å². The molecule has 0 bridgehead atoms. The lowest BCUT2D eigenvalue weighted by atomic mass is 10.2. The second kappa shape index (κ2) is 6.16. The van der Waals surface area contributed by atoms with E-state index >= 15 is 0 Å². The van der Waals surface area contributed by atoms with Gasteiger partial charge >= 0.3 is 0 Å². The van der Waals surface area contributed by atoms with Gasteiger partial charge in [-0.25, -0.2) is 4.21 Å². The smallest absolute Gasteiger partial charge is 0.109 e. The Balaban J connectivity index is 2.24. The molecule has 0 saturated carbocycles. The fourth-order valence-electron chi connectivity index (χ4n) is 2.21. The van der Waals surface area contributed by atoms with Crippen molar-refractivity contribution in [2.45, 2.75) is 16.7 Å². The molecule has 0 aliphatic heterocycles. The van der Waals surface area contributed by atoms with Crippen LogP contribution in [0.25, 0.3) is 0 Å². The molecule has 0 spiro atoms. The Bertz CT molecular complexity index is 817. The molecule has 3 heteroatoms. The van der Waals surface area contributed by atoms with Gasteiger partial charge in [0.05, 0.1) is 15.5 Å². The second-order valence-corrected chi connectivity index (χ2v) is 7.26. The van der Waals surface area contributed by atoms with Crippen molar-refractivity contribution < 1.29 is 4.21 Å². The van der Waals surface area contributed by atoms with Gasteiger partial charge in [0.2, 0.25) is 0 Å². The van der Waals surface area contributed by atoms with Crippen LogP contribution in [0.5, 0.6) is 0 Å². The van der Waals surface area contributed by atoms with E-state index in [4.69, 9.17) is 0 Å². The SMILES string of the molecule is Cc1ccc(N=S(=O)(c2ccccc2)c2ccccc2)cc1. The van der Waals surface area contributed by atoms with Crippen LogP contribution >= 0.6 is 0 Å². The summed E-state index contributed by atoms with van der Waals surface area (Å²) < 4.78 is 18.3. The lowest BCUT2D eigenvalue weighted by Crippen LogP contribution is -2.01. The molecule has 0 atom stereocenters. The van der Waals surface area contributed by atoms with Gasteiger partial charge in [-0.05, 0) is 43.3 Å². The van der Waals surface area contributed by atoms with E-state index in [-0.39, 0.29) is 0 Å². The quantitative estimate of drug-likeness (QED) is 0.653. The normalized spacial score (nSPS) is 11.1. The summed E-state index contributed by atoms with van der Waals surface area (Å²) in [7, 11) is -2.69. The van der Waals surface area contributed by atoms with E-state index in [0.717, 1.165) is 21.0 Å². The van der Waals surface area contributed by atoms with Crippen LogP contribution in [0.2, 0.25) is 0 Å². The van der Waals surface area contributed by atoms with Gasteiger partial charge in [0.1, 0.15) is 9.73 Å². The average Bonchev–Trinajstić information content (AvgIpc) is 2.58. The number of hydrogen-bond acceptors (Lipinski definition) is 2. The molecule has 0 aromatic heterocycles. The van der Waals surface area contributed by atoms with Crippen LogP contribution < -0.4 is 0 Å². The standard InChI is InChI=1S/C19H17NOS/c1-16-12-14-17(15-13-16)20-22(21,18-8-4-2-5-9-18)19-10-6-3-7-11-19/h2-15H,1H3. The topological polar surface area (TPSA) is 29.4 Å². The van der Waals surface area contributed by atoms with Crippen molar-refractivity contribution in [2.75, 3.05) is 0 Å². The van der Waals surface area contributed by atoms with Gasteiger partial charge in [-0.1, -0.05) is 54.1 Å². The molecule has 0 radical (unpaired) electrons. The molecule has 3 aromatic rings. The Morgan fingerprint density at radius 3 is 1.59 bits per heavy atom. The molecular formula is C19H17NOS. The first-order chi connectivity index (χ1) is 10.7. The number of aryl methyl sites for hydroxylation is 1. The highest BCUT2D eigenvalue weighted by Crippen LogP contribution is 2.27. The molecule has 2 nitrogen and oxygen atoms in total. The van der Waals surface area contributed by atoms with Crippen molar-refractivity contribution in [1.82, 2.24) is 0 Å². The predicted octanol–water partition coefficient (Wildman–Crippen LogP) is 5.21. The third-order valence-corrected chi connectivity index (χ3v) is 5.68. The average molecular weight is 307 g/mol. The van der Waals surface area contributed by atoms with Gasteiger partial charge in [0, 0.05) is 0 Å². The summed E-state index contributed by atoms with van der Waals surface area (Å²) in [5, 5.41) is 0. The molecular weight excluding hydrogens is 290 g/mol. The molecule has 110 valence electrons. The molecule has 3 aromatic carbocycles. The van der Waals surface area contributed by atoms with Gasteiger partial charge in [-0.15, -0.1) is 0 Å². The van der Waals surface area contributed by atoms with Crippen LogP contribution in [0.1, 0.15) is 5.56 Å². The summed E-state index contributed by atoms with van der Waals surface area (Å²) in [6, 6.07) is 26.6. The highest BCUT2D eigenvalue weighted by atomic mass is 32.2. The minimum absolute atomic E-state index is 0.724. The van der Waals surface area contributed by atoms with Crippen molar-refractivity contribution in [2.24, 2.45) is 4.36 Å². The maximum absolute atomic E-state index is 13.7. The maximum atomic E-state index is 13.7. The van der Waals surface area contributed by atoms with Crippen molar-refractivity contribution in [1.29, 1.82) is 0 Å². The van der Waals surface area contributed by atoms with Gasteiger partial charge in [-0.2, -0.15) is 4.36 Å². The monoisotopic (exact) mass is 307 g/mol.